The van der Waals surface area contributed by atoms with Crippen LogP contribution in [0.15, 0.2) is 59.0 Å². The maximum absolute atomic E-state index is 13.6. The Bertz CT molecular complexity index is 1290. The lowest BCUT2D eigenvalue weighted by atomic mass is 9.88. The minimum absolute atomic E-state index is 0. The van der Waals surface area contributed by atoms with E-state index < -0.39 is 23.5 Å². The highest BCUT2D eigenvalue weighted by Gasteiger charge is 2.42. The van der Waals surface area contributed by atoms with Crippen LogP contribution in [0.25, 0.3) is 11.5 Å². The predicted molar refractivity (Wildman–Crippen MR) is 149 cm³/mol. The standard InChI is InChI=1S/C29H31F3N4O3.ClH/c30-29(31,32)25-24(34-27(39-25)20-8-3-1-4-9-20)26(37)33-22-12-14-23(15-13-22)35-16-7-17-36(19-18-35)28(38)21-10-5-2-6-11-21;/h1,3-4,8-9,12-15,21H,2,5-7,10-11,16-19H2,(H,33,37);1H. The van der Waals surface area contributed by atoms with Gasteiger partial charge in [-0.05, 0) is 55.7 Å². The number of nitrogens with zero attached hydrogens (tertiary/aromatic N) is 3. The number of halogens is 4. The number of aromatic nitrogens is 1. The van der Waals surface area contributed by atoms with Gasteiger partial charge in [-0.2, -0.15) is 13.2 Å². The molecule has 0 spiro atoms. The van der Waals surface area contributed by atoms with Gasteiger partial charge in [0.05, 0.1) is 0 Å². The van der Waals surface area contributed by atoms with E-state index >= 15 is 0 Å². The zero-order valence-corrected chi connectivity index (χ0v) is 22.8. The van der Waals surface area contributed by atoms with Gasteiger partial charge in [0.1, 0.15) is 0 Å². The van der Waals surface area contributed by atoms with Crippen LogP contribution in [0, 0.1) is 5.92 Å². The van der Waals surface area contributed by atoms with Crippen molar-refractivity contribution in [2.24, 2.45) is 5.92 Å². The van der Waals surface area contributed by atoms with Crippen molar-refractivity contribution >= 4 is 35.6 Å². The number of carbonyl (C=O) groups excluding carboxylic acids is 2. The largest absolute Gasteiger partial charge is 0.452 e. The molecule has 2 aromatic carbocycles. The van der Waals surface area contributed by atoms with E-state index in [4.69, 9.17) is 4.42 Å². The van der Waals surface area contributed by atoms with Crippen LogP contribution in [-0.4, -0.2) is 47.9 Å². The zero-order chi connectivity index (χ0) is 27.4. The number of hydrogen-bond donors (Lipinski definition) is 1. The first-order valence-corrected chi connectivity index (χ1v) is 13.4. The third-order valence-electron chi connectivity index (χ3n) is 7.37. The van der Waals surface area contributed by atoms with E-state index in [0.29, 0.717) is 24.3 Å². The van der Waals surface area contributed by atoms with Crippen LogP contribution in [0.3, 0.4) is 0 Å². The van der Waals surface area contributed by atoms with Crippen molar-refractivity contribution in [3.05, 3.63) is 66.1 Å². The van der Waals surface area contributed by atoms with Crippen molar-refractivity contribution in [2.75, 3.05) is 36.4 Å². The van der Waals surface area contributed by atoms with E-state index in [1.54, 1.807) is 42.5 Å². The molecule has 1 N–H and O–H groups in total. The van der Waals surface area contributed by atoms with E-state index in [9.17, 15) is 22.8 Å². The average Bonchev–Trinajstić information content (AvgIpc) is 3.28. The third-order valence-corrected chi connectivity index (χ3v) is 7.37. The SMILES string of the molecule is Cl.O=C(Nc1ccc(N2CCCN(C(=O)C3CCCCC3)CC2)cc1)c1nc(-c2ccccc2)oc1C(F)(F)F. The van der Waals surface area contributed by atoms with Crippen LogP contribution in [0.1, 0.15) is 54.8 Å². The molecule has 2 heterocycles. The molecule has 11 heteroatoms. The van der Waals surface area contributed by atoms with Gasteiger partial charge in [0, 0.05) is 49.0 Å². The molecule has 7 nitrogen and oxygen atoms in total. The third kappa shape index (κ3) is 6.78. The highest BCUT2D eigenvalue weighted by Crippen LogP contribution is 2.35. The molecule has 5 rings (SSSR count). The first-order chi connectivity index (χ1) is 18.8. The van der Waals surface area contributed by atoms with Gasteiger partial charge in [-0.1, -0.05) is 37.5 Å². The van der Waals surface area contributed by atoms with Crippen molar-refractivity contribution in [1.29, 1.82) is 0 Å². The van der Waals surface area contributed by atoms with Crippen molar-refractivity contribution in [3.63, 3.8) is 0 Å². The van der Waals surface area contributed by atoms with E-state index in [1.165, 1.54) is 6.42 Å². The molecule has 0 radical (unpaired) electrons. The molecule has 214 valence electrons. The molecule has 2 aliphatic rings. The molecule has 0 bridgehead atoms. The summed E-state index contributed by atoms with van der Waals surface area (Å²) in [5.74, 6) is -2.30. The van der Waals surface area contributed by atoms with Crippen LogP contribution < -0.4 is 10.2 Å². The Morgan fingerprint density at radius 3 is 2.25 bits per heavy atom. The Balaban J connectivity index is 0.00000370. The highest BCUT2D eigenvalue weighted by molar-refractivity contribution is 6.04. The lowest BCUT2D eigenvalue weighted by Gasteiger charge is -2.28. The maximum Gasteiger partial charge on any atom is 0.452 e. The van der Waals surface area contributed by atoms with Crippen LogP contribution >= 0.6 is 12.4 Å². The van der Waals surface area contributed by atoms with Crippen molar-refractivity contribution in [2.45, 2.75) is 44.7 Å². The number of alkyl halides is 3. The summed E-state index contributed by atoms with van der Waals surface area (Å²) in [6, 6.07) is 15.0. The number of hydrogen-bond acceptors (Lipinski definition) is 5. The lowest BCUT2D eigenvalue weighted by Crippen LogP contribution is -2.39. The number of carbonyl (C=O) groups is 2. The molecule has 1 saturated heterocycles. The molecule has 1 saturated carbocycles. The molecular formula is C29H32ClF3N4O3. The normalized spacial score (nSPS) is 16.7. The molecular weight excluding hydrogens is 545 g/mol. The fraction of sp³-hybridized carbons (Fsp3) is 0.414. The van der Waals surface area contributed by atoms with Gasteiger partial charge >= 0.3 is 6.18 Å². The number of benzene rings is 2. The Morgan fingerprint density at radius 2 is 1.57 bits per heavy atom. The number of nitrogens with one attached hydrogen (secondary N) is 1. The van der Waals surface area contributed by atoms with Gasteiger partial charge < -0.3 is 19.5 Å². The fourth-order valence-electron chi connectivity index (χ4n) is 5.32. The highest BCUT2D eigenvalue weighted by atomic mass is 35.5. The molecule has 0 atom stereocenters. The summed E-state index contributed by atoms with van der Waals surface area (Å²) in [5.41, 5.74) is 0.775. The molecule has 3 aromatic rings. The maximum atomic E-state index is 13.6. The second-order valence-corrected chi connectivity index (χ2v) is 10.1. The summed E-state index contributed by atoms with van der Waals surface area (Å²) in [5, 5.41) is 2.50. The Morgan fingerprint density at radius 1 is 0.875 bits per heavy atom. The van der Waals surface area contributed by atoms with Gasteiger partial charge in [0.2, 0.25) is 17.6 Å². The van der Waals surface area contributed by atoms with Gasteiger partial charge in [-0.25, -0.2) is 4.98 Å². The first kappa shape index (κ1) is 29.5. The van der Waals surface area contributed by atoms with Crippen molar-refractivity contribution in [1.82, 2.24) is 9.88 Å². The minimum atomic E-state index is -4.88. The minimum Gasteiger partial charge on any atom is -0.431 e. The number of anilines is 2. The quantitative estimate of drug-likeness (QED) is 0.368. The Labute approximate surface area is 237 Å². The second-order valence-electron chi connectivity index (χ2n) is 10.1. The van der Waals surface area contributed by atoms with Gasteiger partial charge in [-0.3, -0.25) is 9.59 Å². The average molecular weight is 577 g/mol. The van der Waals surface area contributed by atoms with Gasteiger partial charge in [0.15, 0.2) is 5.69 Å². The van der Waals surface area contributed by atoms with Gasteiger partial charge in [0.25, 0.3) is 5.91 Å². The summed E-state index contributed by atoms with van der Waals surface area (Å²) in [6.45, 7) is 2.88. The smallest absolute Gasteiger partial charge is 0.431 e. The summed E-state index contributed by atoms with van der Waals surface area (Å²) < 4.78 is 45.8. The van der Waals surface area contributed by atoms with E-state index in [2.05, 4.69) is 15.2 Å². The molecule has 0 unspecified atom stereocenters. The summed E-state index contributed by atoms with van der Waals surface area (Å²) in [4.78, 5) is 33.8. The molecule has 2 amide bonds. The first-order valence-electron chi connectivity index (χ1n) is 13.4. The molecule has 1 aromatic heterocycles. The van der Waals surface area contributed by atoms with Crippen molar-refractivity contribution < 1.29 is 27.2 Å². The summed E-state index contributed by atoms with van der Waals surface area (Å²) in [7, 11) is 0. The van der Waals surface area contributed by atoms with Crippen molar-refractivity contribution in [3.8, 4) is 11.5 Å². The van der Waals surface area contributed by atoms with E-state index in [1.807, 2.05) is 17.0 Å². The predicted octanol–water partition coefficient (Wildman–Crippen LogP) is 6.65. The number of rotatable bonds is 5. The summed E-state index contributed by atoms with van der Waals surface area (Å²) in [6.07, 6.45) is 1.41. The van der Waals surface area contributed by atoms with Crippen LogP contribution in [-0.2, 0) is 11.0 Å². The molecule has 1 aliphatic carbocycles. The topological polar surface area (TPSA) is 78.7 Å². The van der Waals surface area contributed by atoms with E-state index in [-0.39, 0.29) is 30.1 Å². The molecule has 40 heavy (non-hydrogen) atoms. The van der Waals surface area contributed by atoms with Crippen LogP contribution in [0.5, 0.6) is 0 Å². The van der Waals surface area contributed by atoms with Gasteiger partial charge in [-0.15, -0.1) is 12.4 Å². The monoisotopic (exact) mass is 576 g/mol. The number of oxazole rings is 1. The van der Waals surface area contributed by atoms with E-state index in [0.717, 1.165) is 50.9 Å². The summed E-state index contributed by atoms with van der Waals surface area (Å²) >= 11 is 0. The zero-order valence-electron chi connectivity index (χ0n) is 22.0. The number of amides is 2. The fourth-order valence-corrected chi connectivity index (χ4v) is 5.32. The molecule has 2 fully saturated rings. The van der Waals surface area contributed by atoms with Crippen LogP contribution in [0.2, 0.25) is 0 Å². The lowest BCUT2D eigenvalue weighted by molar-refractivity contribution is -0.153. The molecule has 1 aliphatic heterocycles. The second kappa shape index (κ2) is 12.8. The Hall–Kier alpha value is -3.53. The Kier molecular flexibility index (Phi) is 9.40. The van der Waals surface area contributed by atoms with Crippen LogP contribution in [0.4, 0.5) is 24.5 Å².